The highest BCUT2D eigenvalue weighted by molar-refractivity contribution is 14.1. The number of nitrogens with zero attached hydrogens (tertiary/aromatic N) is 1. The lowest BCUT2D eigenvalue weighted by atomic mass is 10.1. The third-order valence-electron chi connectivity index (χ3n) is 4.60. The van der Waals surface area contributed by atoms with Crippen molar-refractivity contribution < 1.29 is 28.6 Å². The molecule has 0 spiro atoms. The first-order valence-electron chi connectivity index (χ1n) is 9.34. The second-order valence-electron chi connectivity index (χ2n) is 6.70. The first kappa shape index (κ1) is 24.4. The van der Waals surface area contributed by atoms with Crippen LogP contribution >= 0.6 is 46.0 Å². The molecule has 0 N–H and O–H groups in total. The third kappa shape index (κ3) is 5.38. The van der Waals surface area contributed by atoms with E-state index in [0.29, 0.717) is 28.7 Å². The standard InChI is InChI=1S/C22H19ClINO6S/c1-12(21(27)30-3)25-20(26)18(32-22(25)28)10-14-8-16(24)19(17(9-14)29-2)31-11-13-4-6-15(23)7-5-13/h4-10,12H,11H2,1-3H3/b18-10-/t12-/m0/s1. The van der Waals surface area contributed by atoms with E-state index in [2.05, 4.69) is 27.3 Å². The zero-order valence-corrected chi connectivity index (χ0v) is 21.1. The monoisotopic (exact) mass is 587 g/mol. The molecule has 10 heteroatoms. The van der Waals surface area contributed by atoms with Gasteiger partial charge >= 0.3 is 5.97 Å². The zero-order valence-electron chi connectivity index (χ0n) is 17.4. The highest BCUT2D eigenvalue weighted by Crippen LogP contribution is 2.38. The first-order valence-corrected chi connectivity index (χ1v) is 11.6. The number of ether oxygens (including phenoxy) is 3. The number of thioether (sulfide) groups is 1. The molecule has 0 saturated carbocycles. The number of carbonyl (C=O) groups is 3. The van der Waals surface area contributed by atoms with Crippen LogP contribution in [0.1, 0.15) is 18.1 Å². The second-order valence-corrected chi connectivity index (χ2v) is 9.29. The quantitative estimate of drug-likeness (QED) is 0.252. The number of rotatable bonds is 7. The number of halogens is 2. The molecule has 0 aromatic heterocycles. The Kier molecular flexibility index (Phi) is 8.07. The van der Waals surface area contributed by atoms with Crippen molar-refractivity contribution in [1.29, 1.82) is 0 Å². The molecule has 1 aliphatic heterocycles. The maximum Gasteiger partial charge on any atom is 0.328 e. The van der Waals surface area contributed by atoms with Crippen LogP contribution < -0.4 is 9.47 Å². The average molecular weight is 588 g/mol. The summed E-state index contributed by atoms with van der Waals surface area (Å²) in [6.07, 6.45) is 1.59. The van der Waals surface area contributed by atoms with E-state index in [4.69, 9.17) is 21.1 Å². The van der Waals surface area contributed by atoms with Crippen LogP contribution in [0.2, 0.25) is 5.02 Å². The molecule has 2 aromatic rings. The molecule has 0 aliphatic carbocycles. The van der Waals surface area contributed by atoms with E-state index in [1.165, 1.54) is 21.1 Å². The van der Waals surface area contributed by atoms with Crippen molar-refractivity contribution in [2.75, 3.05) is 14.2 Å². The van der Waals surface area contributed by atoms with Crippen molar-refractivity contribution in [3.8, 4) is 11.5 Å². The predicted octanol–water partition coefficient (Wildman–Crippen LogP) is 5.13. The molecule has 1 heterocycles. The summed E-state index contributed by atoms with van der Waals surface area (Å²) in [6.45, 7) is 1.77. The van der Waals surface area contributed by atoms with Crippen LogP contribution in [-0.2, 0) is 20.9 Å². The lowest BCUT2D eigenvalue weighted by Crippen LogP contribution is -2.42. The number of hydrogen-bond donors (Lipinski definition) is 0. The van der Waals surface area contributed by atoms with Gasteiger partial charge < -0.3 is 14.2 Å². The Bertz CT molecular complexity index is 1090. The number of imide groups is 1. The Hall–Kier alpha value is -2.24. The normalized spacial score (nSPS) is 15.8. The van der Waals surface area contributed by atoms with Gasteiger partial charge in [0.1, 0.15) is 12.6 Å². The minimum absolute atomic E-state index is 0.207. The van der Waals surface area contributed by atoms with E-state index in [9.17, 15) is 14.4 Å². The van der Waals surface area contributed by atoms with Gasteiger partial charge in [-0.1, -0.05) is 23.7 Å². The van der Waals surface area contributed by atoms with E-state index < -0.39 is 23.2 Å². The number of benzene rings is 2. The summed E-state index contributed by atoms with van der Waals surface area (Å²) in [7, 11) is 2.73. The highest BCUT2D eigenvalue weighted by atomic mass is 127. The molecule has 0 bridgehead atoms. The highest BCUT2D eigenvalue weighted by Gasteiger charge is 2.41. The molecule has 2 amide bonds. The fourth-order valence-electron chi connectivity index (χ4n) is 2.94. The zero-order chi connectivity index (χ0) is 23.4. The van der Waals surface area contributed by atoms with Gasteiger partial charge in [0.2, 0.25) is 0 Å². The molecule has 0 radical (unpaired) electrons. The fraction of sp³-hybridized carbons (Fsp3) is 0.227. The number of amides is 2. The van der Waals surface area contributed by atoms with E-state index >= 15 is 0 Å². The summed E-state index contributed by atoms with van der Waals surface area (Å²) in [5.41, 5.74) is 1.60. The van der Waals surface area contributed by atoms with Crippen LogP contribution in [0.5, 0.6) is 11.5 Å². The molecule has 3 rings (SSSR count). The summed E-state index contributed by atoms with van der Waals surface area (Å²) in [5, 5.41) is 0.124. The first-order chi connectivity index (χ1) is 15.2. The smallest absolute Gasteiger partial charge is 0.328 e. The molecule has 1 aliphatic rings. The van der Waals surface area contributed by atoms with Gasteiger partial charge in [-0.05, 0) is 82.7 Å². The molecule has 1 saturated heterocycles. The van der Waals surface area contributed by atoms with Gasteiger partial charge in [-0.3, -0.25) is 14.5 Å². The van der Waals surface area contributed by atoms with Crippen molar-refractivity contribution in [3.63, 3.8) is 0 Å². The number of carbonyl (C=O) groups excluding carboxylic acids is 3. The van der Waals surface area contributed by atoms with Gasteiger partial charge in [0.05, 0.1) is 22.7 Å². The molecule has 1 fully saturated rings. The van der Waals surface area contributed by atoms with Crippen molar-refractivity contribution >= 4 is 69.1 Å². The van der Waals surface area contributed by atoms with Gasteiger partial charge in [0, 0.05) is 5.02 Å². The van der Waals surface area contributed by atoms with E-state index in [1.54, 1.807) is 24.3 Å². The fourth-order valence-corrected chi connectivity index (χ4v) is 4.76. The number of esters is 1. The summed E-state index contributed by atoms with van der Waals surface area (Å²) >= 11 is 8.81. The molecular weight excluding hydrogens is 569 g/mol. The van der Waals surface area contributed by atoms with Gasteiger partial charge in [-0.15, -0.1) is 0 Å². The summed E-state index contributed by atoms with van der Waals surface area (Å²) < 4.78 is 16.8. The van der Waals surface area contributed by atoms with Crippen molar-refractivity contribution in [3.05, 3.63) is 61.0 Å². The topological polar surface area (TPSA) is 82.1 Å². The number of methoxy groups -OCH3 is 2. The van der Waals surface area contributed by atoms with E-state index in [1.807, 2.05) is 18.2 Å². The van der Waals surface area contributed by atoms with E-state index in [-0.39, 0.29) is 4.91 Å². The predicted molar refractivity (Wildman–Crippen MR) is 131 cm³/mol. The van der Waals surface area contributed by atoms with Gasteiger partial charge in [0.25, 0.3) is 11.1 Å². The molecule has 1 atom stereocenters. The van der Waals surface area contributed by atoms with Crippen LogP contribution in [0.15, 0.2) is 41.3 Å². The molecule has 0 unspecified atom stereocenters. The van der Waals surface area contributed by atoms with Crippen molar-refractivity contribution in [2.24, 2.45) is 0 Å². The summed E-state index contributed by atoms with van der Waals surface area (Å²) in [4.78, 5) is 37.9. The van der Waals surface area contributed by atoms with Crippen LogP contribution in [0.25, 0.3) is 6.08 Å². The van der Waals surface area contributed by atoms with Gasteiger partial charge in [-0.25, -0.2) is 4.79 Å². The molecule has 168 valence electrons. The lowest BCUT2D eigenvalue weighted by Gasteiger charge is -2.18. The Labute approximate surface area is 208 Å². The van der Waals surface area contributed by atoms with Gasteiger partial charge in [0.15, 0.2) is 11.5 Å². The minimum atomic E-state index is -1.00. The Morgan fingerprint density at radius 1 is 1.22 bits per heavy atom. The molecule has 32 heavy (non-hydrogen) atoms. The molecule has 7 nitrogen and oxygen atoms in total. The Morgan fingerprint density at radius 3 is 2.53 bits per heavy atom. The van der Waals surface area contributed by atoms with Crippen LogP contribution in [0, 0.1) is 3.57 Å². The average Bonchev–Trinajstić information content (AvgIpc) is 3.05. The van der Waals surface area contributed by atoms with Crippen LogP contribution in [0.4, 0.5) is 4.79 Å². The maximum absolute atomic E-state index is 12.7. The number of hydrogen-bond acceptors (Lipinski definition) is 7. The maximum atomic E-state index is 12.7. The van der Waals surface area contributed by atoms with Crippen LogP contribution in [-0.4, -0.2) is 42.3 Å². The largest absolute Gasteiger partial charge is 0.493 e. The molecule has 2 aromatic carbocycles. The Balaban J connectivity index is 1.83. The second kappa shape index (κ2) is 10.6. The minimum Gasteiger partial charge on any atom is -0.493 e. The van der Waals surface area contributed by atoms with Crippen molar-refractivity contribution in [1.82, 2.24) is 4.90 Å². The lowest BCUT2D eigenvalue weighted by molar-refractivity contribution is -0.148. The van der Waals surface area contributed by atoms with Gasteiger partial charge in [-0.2, -0.15) is 0 Å². The summed E-state index contributed by atoms with van der Waals surface area (Å²) in [5.74, 6) is -0.159. The molecular formula is C22H19ClINO6S. The summed E-state index contributed by atoms with van der Waals surface area (Å²) in [6, 6.07) is 9.87. The SMILES string of the molecule is COC(=O)[C@H](C)N1C(=O)S/C(=C\c2cc(I)c(OCc3ccc(Cl)cc3)c(OC)c2)C1=O. The van der Waals surface area contributed by atoms with Crippen LogP contribution in [0.3, 0.4) is 0 Å². The van der Waals surface area contributed by atoms with Crippen molar-refractivity contribution in [2.45, 2.75) is 19.6 Å². The Morgan fingerprint density at radius 2 is 1.91 bits per heavy atom. The third-order valence-corrected chi connectivity index (χ3v) is 6.54. The van der Waals surface area contributed by atoms with E-state index in [0.717, 1.165) is 25.8 Å².